The molecule has 5 unspecified atom stereocenters. The standard InChI is InChI=1S/C33H46N2O2/c1-7-33-30-24(20-35(30)19-23-9-10-23)17-32(33,29-16-28(36-6)15-8-22(29)2)18-27(21-37-33)34-26-13-11-25(12-14-26)31(3,4)5/h8,11-16,23-24,27,30,34H,7,9-10,17-21H2,1-6H3. The molecule has 0 aromatic heterocycles. The highest BCUT2D eigenvalue weighted by molar-refractivity contribution is 5.50. The van der Waals surface area contributed by atoms with Gasteiger partial charge in [-0.05, 0) is 97.2 Å². The second kappa shape index (κ2) is 9.02. The summed E-state index contributed by atoms with van der Waals surface area (Å²) in [5.41, 5.74) is 5.38. The molecule has 1 N–H and O–H groups in total. The lowest BCUT2D eigenvalue weighted by Gasteiger charge is -2.58. The first-order valence-corrected chi connectivity index (χ1v) is 14.6. The molecule has 5 atom stereocenters. The van der Waals surface area contributed by atoms with Crippen LogP contribution >= 0.6 is 0 Å². The molecule has 6 rings (SSSR count). The summed E-state index contributed by atoms with van der Waals surface area (Å²) in [6, 6.07) is 16.6. The summed E-state index contributed by atoms with van der Waals surface area (Å²) in [6.07, 6.45) is 6.18. The molecule has 0 radical (unpaired) electrons. The Morgan fingerprint density at radius 2 is 1.84 bits per heavy atom. The minimum atomic E-state index is -0.143. The van der Waals surface area contributed by atoms with E-state index in [-0.39, 0.29) is 22.5 Å². The molecule has 2 saturated heterocycles. The Morgan fingerprint density at radius 1 is 1.08 bits per heavy atom. The first-order chi connectivity index (χ1) is 17.7. The molecule has 0 spiro atoms. The molecule has 200 valence electrons. The van der Waals surface area contributed by atoms with Crippen molar-refractivity contribution in [3.05, 3.63) is 59.2 Å². The van der Waals surface area contributed by atoms with Crippen molar-refractivity contribution in [2.24, 2.45) is 11.8 Å². The van der Waals surface area contributed by atoms with Crippen LogP contribution in [0.3, 0.4) is 0 Å². The number of aryl methyl sites for hydroxylation is 1. The maximum Gasteiger partial charge on any atom is 0.119 e. The molecule has 37 heavy (non-hydrogen) atoms. The Labute approximate surface area is 224 Å². The average molecular weight is 503 g/mol. The number of likely N-dealkylation sites (tertiary alicyclic amines) is 1. The number of nitrogens with zero attached hydrogens (tertiary/aromatic N) is 1. The van der Waals surface area contributed by atoms with Crippen LogP contribution in [0.5, 0.6) is 5.75 Å². The van der Waals surface area contributed by atoms with E-state index in [1.54, 1.807) is 7.11 Å². The van der Waals surface area contributed by atoms with Gasteiger partial charge < -0.3 is 14.8 Å². The Kier molecular flexibility index (Phi) is 6.15. The smallest absolute Gasteiger partial charge is 0.119 e. The number of anilines is 1. The molecule has 4 nitrogen and oxygen atoms in total. The Morgan fingerprint density at radius 3 is 2.49 bits per heavy atom. The lowest BCUT2D eigenvalue weighted by molar-refractivity contribution is -0.178. The molecule has 2 heterocycles. The van der Waals surface area contributed by atoms with E-state index in [0.717, 1.165) is 31.1 Å². The van der Waals surface area contributed by atoms with E-state index >= 15 is 0 Å². The summed E-state index contributed by atoms with van der Waals surface area (Å²) in [4.78, 5) is 2.79. The van der Waals surface area contributed by atoms with Crippen molar-refractivity contribution in [2.75, 3.05) is 32.1 Å². The number of rotatable bonds is 7. The monoisotopic (exact) mass is 502 g/mol. The lowest BCUT2D eigenvalue weighted by atomic mass is 9.61. The molecule has 0 amide bonds. The van der Waals surface area contributed by atoms with Gasteiger partial charge in [-0.2, -0.15) is 0 Å². The number of hydrogen-bond donors (Lipinski definition) is 1. The van der Waals surface area contributed by atoms with Gasteiger partial charge in [-0.1, -0.05) is 45.9 Å². The lowest BCUT2D eigenvalue weighted by Crippen LogP contribution is -2.69. The zero-order chi connectivity index (χ0) is 26.0. The summed E-state index contributed by atoms with van der Waals surface area (Å²) in [6.45, 7) is 14.8. The van der Waals surface area contributed by atoms with E-state index in [1.165, 1.54) is 54.7 Å². The highest BCUT2D eigenvalue weighted by Crippen LogP contribution is 2.64. The fraction of sp³-hybridized carbons (Fsp3) is 0.636. The second-order valence-corrected chi connectivity index (χ2v) is 13.5. The highest BCUT2D eigenvalue weighted by Gasteiger charge is 2.71. The molecule has 0 bridgehead atoms. The van der Waals surface area contributed by atoms with Crippen molar-refractivity contribution in [3.63, 3.8) is 0 Å². The van der Waals surface area contributed by atoms with Crippen LogP contribution in [0.25, 0.3) is 0 Å². The quantitative estimate of drug-likeness (QED) is 0.457. The number of hydrogen-bond acceptors (Lipinski definition) is 4. The summed E-state index contributed by atoms with van der Waals surface area (Å²) in [7, 11) is 1.79. The zero-order valence-corrected chi connectivity index (χ0v) is 23.8. The molecule has 4 aliphatic rings. The van der Waals surface area contributed by atoms with Crippen molar-refractivity contribution in [1.82, 2.24) is 4.90 Å². The number of methoxy groups -OCH3 is 1. The minimum Gasteiger partial charge on any atom is -0.497 e. The van der Waals surface area contributed by atoms with Gasteiger partial charge in [-0.15, -0.1) is 0 Å². The van der Waals surface area contributed by atoms with Crippen LogP contribution in [0.1, 0.15) is 76.5 Å². The van der Waals surface area contributed by atoms with Crippen molar-refractivity contribution in [2.45, 2.75) is 95.2 Å². The number of fused-ring (bicyclic) bond motifs is 3. The molecule has 2 aromatic carbocycles. The Balaban J connectivity index is 1.35. The molecular formula is C33H46N2O2. The van der Waals surface area contributed by atoms with Gasteiger partial charge in [0.05, 0.1) is 25.4 Å². The normalized spacial score (nSPS) is 33.4. The Bertz CT molecular complexity index is 1130. The fourth-order valence-corrected chi connectivity index (χ4v) is 8.19. The van der Waals surface area contributed by atoms with Crippen LogP contribution in [-0.2, 0) is 15.6 Å². The molecule has 2 aromatic rings. The third-order valence-corrected chi connectivity index (χ3v) is 10.1. The van der Waals surface area contributed by atoms with Crippen LogP contribution in [0, 0.1) is 18.8 Å². The number of ether oxygens (including phenoxy) is 2. The van der Waals surface area contributed by atoms with Gasteiger partial charge in [0.25, 0.3) is 0 Å². The van der Waals surface area contributed by atoms with Gasteiger partial charge in [-0.25, -0.2) is 0 Å². The molecule has 4 heteroatoms. The highest BCUT2D eigenvalue weighted by atomic mass is 16.5. The van der Waals surface area contributed by atoms with Gasteiger partial charge in [-0.3, -0.25) is 4.90 Å². The van der Waals surface area contributed by atoms with Crippen molar-refractivity contribution >= 4 is 5.69 Å². The third-order valence-electron chi connectivity index (χ3n) is 10.1. The summed E-state index contributed by atoms with van der Waals surface area (Å²) >= 11 is 0. The zero-order valence-electron chi connectivity index (χ0n) is 23.8. The first-order valence-electron chi connectivity index (χ1n) is 14.6. The van der Waals surface area contributed by atoms with Gasteiger partial charge in [0, 0.05) is 30.2 Å². The van der Waals surface area contributed by atoms with E-state index in [0.29, 0.717) is 12.0 Å². The topological polar surface area (TPSA) is 33.7 Å². The maximum absolute atomic E-state index is 7.21. The molecule has 2 saturated carbocycles. The van der Waals surface area contributed by atoms with Gasteiger partial charge in [0.2, 0.25) is 0 Å². The summed E-state index contributed by atoms with van der Waals surface area (Å²) in [5, 5.41) is 3.89. The average Bonchev–Trinajstić information content (AvgIpc) is 3.65. The van der Waals surface area contributed by atoms with E-state index < -0.39 is 0 Å². The SMILES string of the molecule is CCC12OCC(Nc3ccc(C(C)(C)C)cc3)CC1(c1cc(OC)ccc1C)CC1CN(CC3CC3)C12. The van der Waals surface area contributed by atoms with Crippen LogP contribution in [0.4, 0.5) is 5.69 Å². The van der Waals surface area contributed by atoms with Crippen molar-refractivity contribution in [1.29, 1.82) is 0 Å². The second-order valence-electron chi connectivity index (χ2n) is 13.5. The van der Waals surface area contributed by atoms with E-state index in [1.807, 2.05) is 0 Å². The predicted octanol–water partition coefficient (Wildman–Crippen LogP) is 6.70. The van der Waals surface area contributed by atoms with Crippen molar-refractivity contribution < 1.29 is 9.47 Å². The minimum absolute atomic E-state index is 0.0186. The predicted molar refractivity (Wildman–Crippen MR) is 152 cm³/mol. The van der Waals surface area contributed by atoms with Crippen LogP contribution < -0.4 is 10.1 Å². The van der Waals surface area contributed by atoms with Gasteiger partial charge >= 0.3 is 0 Å². The van der Waals surface area contributed by atoms with E-state index in [2.05, 4.69) is 87.3 Å². The van der Waals surface area contributed by atoms with E-state index in [4.69, 9.17) is 9.47 Å². The van der Waals surface area contributed by atoms with Crippen LogP contribution in [0.15, 0.2) is 42.5 Å². The van der Waals surface area contributed by atoms with Crippen molar-refractivity contribution in [3.8, 4) is 5.75 Å². The largest absolute Gasteiger partial charge is 0.497 e. The summed E-state index contributed by atoms with van der Waals surface area (Å²) < 4.78 is 13.0. The third kappa shape index (κ3) is 4.10. The van der Waals surface area contributed by atoms with E-state index in [9.17, 15) is 0 Å². The number of benzene rings is 2. The maximum atomic E-state index is 7.21. The molecule has 2 aliphatic heterocycles. The fourth-order valence-electron chi connectivity index (χ4n) is 8.19. The van der Waals surface area contributed by atoms with Gasteiger partial charge in [0.1, 0.15) is 5.75 Å². The summed E-state index contributed by atoms with van der Waals surface area (Å²) in [5.74, 6) is 2.59. The number of nitrogens with one attached hydrogen (secondary N) is 1. The van der Waals surface area contributed by atoms with Gasteiger partial charge in [0.15, 0.2) is 0 Å². The molecular weight excluding hydrogens is 456 g/mol. The van der Waals surface area contributed by atoms with Crippen LogP contribution in [0.2, 0.25) is 0 Å². The Hall–Kier alpha value is -2.04. The first kappa shape index (κ1) is 25.2. The molecule has 4 fully saturated rings. The molecule has 2 aliphatic carbocycles. The van der Waals surface area contributed by atoms with Crippen LogP contribution in [-0.4, -0.2) is 49.4 Å².